The maximum absolute atomic E-state index is 12.5. The van der Waals surface area contributed by atoms with Gasteiger partial charge in [0.15, 0.2) is 0 Å². The Morgan fingerprint density at radius 3 is 1.25 bits per heavy atom. The molecule has 0 unspecified atom stereocenters. The molecule has 0 bridgehead atoms. The fourth-order valence-corrected chi connectivity index (χ4v) is 10.6. The SMILES string of the molecule is [3H]N1CCC([C@@]2(O)c3ccc(C)cc3CCc3c(C)c(C)cc(C)c32)CC1.[3H]N1CCC([C@]2(O)c3ccc(C)cc3CCc3c(C)c(C)cc(C)c32)CC1. The van der Waals surface area contributed by atoms with Crippen LogP contribution in [-0.4, -0.2) is 36.4 Å². The standard InChI is InChI=1S/2C24H31NO/c2*1-15-5-8-22-19(13-15)6-7-21-18(4)16(2)14-17(3)23(21)24(22,26)20-9-11-25-12-10-20/h2*5,8,13-14,20,25-26H,6-7,9-12H2,1-4H3/t2*24-/m10/s1/i/hT2. The van der Waals surface area contributed by atoms with Crippen LogP contribution in [0.2, 0.25) is 2.82 Å². The third kappa shape index (κ3) is 6.28. The highest BCUT2D eigenvalue weighted by atomic mass is 16.3. The van der Waals surface area contributed by atoms with Crippen molar-refractivity contribution in [2.24, 2.45) is 11.8 Å². The Kier molecular flexibility index (Phi) is 9.62. The molecule has 4 heteroatoms. The van der Waals surface area contributed by atoms with E-state index < -0.39 is 11.2 Å². The van der Waals surface area contributed by atoms with E-state index in [1.807, 2.05) is 0 Å². The predicted octanol–water partition coefficient (Wildman–Crippen LogP) is 8.51. The molecular weight excluding hydrogens is 637 g/mol. The van der Waals surface area contributed by atoms with Gasteiger partial charge in [0.2, 0.25) is 0 Å². The Bertz CT molecular complexity index is 1910. The zero-order valence-electron chi connectivity index (χ0n) is 35.0. The Hall–Kier alpha value is -3.28. The molecule has 4 aromatic carbocycles. The molecule has 8 rings (SSSR count). The van der Waals surface area contributed by atoms with Crippen LogP contribution in [0.1, 0.15) is 115 Å². The van der Waals surface area contributed by atoms with Crippen LogP contribution in [0.25, 0.3) is 0 Å². The van der Waals surface area contributed by atoms with Gasteiger partial charge in [-0.1, -0.05) is 59.7 Å². The van der Waals surface area contributed by atoms with Crippen LogP contribution in [0.4, 0.5) is 0 Å². The summed E-state index contributed by atoms with van der Waals surface area (Å²) in [6, 6.07) is 17.7. The van der Waals surface area contributed by atoms with E-state index in [4.69, 9.17) is 2.82 Å². The van der Waals surface area contributed by atoms with E-state index in [2.05, 4.69) is 104 Å². The first kappa shape index (κ1) is 34.5. The van der Waals surface area contributed by atoms with Crippen molar-refractivity contribution in [3.8, 4) is 0 Å². The minimum Gasteiger partial charge on any atom is -0.380 e. The Morgan fingerprint density at radius 2 is 0.885 bits per heavy atom. The lowest BCUT2D eigenvalue weighted by Gasteiger charge is -2.42. The monoisotopic (exact) mass is 702 g/mol. The summed E-state index contributed by atoms with van der Waals surface area (Å²) in [5.74, 6) is 0.302. The summed E-state index contributed by atoms with van der Waals surface area (Å²) >= 11 is 0. The van der Waals surface area contributed by atoms with Crippen molar-refractivity contribution >= 4 is 0 Å². The van der Waals surface area contributed by atoms with Gasteiger partial charge in [0.25, 0.3) is 0 Å². The van der Waals surface area contributed by atoms with Gasteiger partial charge in [-0.25, -0.2) is 0 Å². The molecule has 0 radical (unpaired) electrons. The van der Waals surface area contributed by atoms with E-state index in [-0.39, 0.29) is 11.8 Å². The summed E-state index contributed by atoms with van der Waals surface area (Å²) < 4.78 is 15.9. The molecule has 2 aliphatic carbocycles. The molecule has 4 aromatic rings. The Morgan fingerprint density at radius 1 is 0.519 bits per heavy atom. The molecule has 0 spiro atoms. The molecule has 52 heavy (non-hydrogen) atoms. The van der Waals surface area contributed by atoms with Crippen LogP contribution >= 0.6 is 0 Å². The van der Waals surface area contributed by atoms with Gasteiger partial charge in [-0.05, 0) is 223 Å². The molecule has 4 N–H and O–H groups in total. The highest BCUT2D eigenvalue weighted by molar-refractivity contribution is 5.57. The molecular formula is C48H62N2O2. The van der Waals surface area contributed by atoms with Crippen molar-refractivity contribution in [2.75, 3.05) is 26.2 Å². The highest BCUT2D eigenvalue weighted by Gasteiger charge is 2.47. The third-order valence-corrected chi connectivity index (χ3v) is 13.5. The molecule has 2 fully saturated rings. The molecule has 0 saturated carbocycles. The van der Waals surface area contributed by atoms with Gasteiger partial charge in [-0.2, -0.15) is 0 Å². The Balaban J connectivity index is 0.000000167. The second kappa shape index (κ2) is 14.5. The molecule has 4 nitrogen and oxygen atoms in total. The molecule has 2 atom stereocenters. The van der Waals surface area contributed by atoms with E-state index in [9.17, 15) is 10.2 Å². The molecule has 276 valence electrons. The van der Waals surface area contributed by atoms with Gasteiger partial charge in [-0.3, -0.25) is 0 Å². The minimum absolute atomic E-state index is 0.151. The summed E-state index contributed by atoms with van der Waals surface area (Å²) in [6.45, 7) is 20.3. The number of aliphatic hydroxyl groups is 2. The number of aryl methyl sites for hydroxylation is 8. The summed E-state index contributed by atoms with van der Waals surface area (Å²) in [6.07, 6.45) is 7.37. The van der Waals surface area contributed by atoms with Gasteiger partial charge in [0.05, 0.1) is 0 Å². The maximum Gasteiger partial charge on any atom is 0.122 e. The van der Waals surface area contributed by atoms with Gasteiger partial charge >= 0.3 is 0 Å². The van der Waals surface area contributed by atoms with Crippen molar-refractivity contribution in [3.63, 3.8) is 0 Å². The van der Waals surface area contributed by atoms with Crippen molar-refractivity contribution in [2.45, 2.75) is 118 Å². The molecule has 0 amide bonds. The van der Waals surface area contributed by atoms with E-state index in [1.54, 1.807) is 10.6 Å². The second-order valence-electron chi connectivity index (χ2n) is 16.7. The van der Waals surface area contributed by atoms with Crippen molar-refractivity contribution in [3.05, 3.63) is 138 Å². The van der Waals surface area contributed by atoms with Crippen LogP contribution in [-0.2, 0) is 36.9 Å². The van der Waals surface area contributed by atoms with Crippen LogP contribution in [0.3, 0.4) is 0 Å². The van der Waals surface area contributed by atoms with Crippen LogP contribution in [0.15, 0.2) is 48.5 Å². The number of piperidine rings is 2. The van der Waals surface area contributed by atoms with Gasteiger partial charge in [0.1, 0.15) is 14.0 Å². The average molecular weight is 703 g/mol. The van der Waals surface area contributed by atoms with E-state index in [0.717, 1.165) is 99.8 Å². The summed E-state index contributed by atoms with van der Waals surface area (Å²) in [5.41, 5.74) is 18.1. The predicted molar refractivity (Wildman–Crippen MR) is 216 cm³/mol. The zero-order chi connectivity index (χ0) is 38.7. The van der Waals surface area contributed by atoms with Gasteiger partial charge in [-0.15, -0.1) is 0 Å². The van der Waals surface area contributed by atoms with E-state index >= 15 is 0 Å². The summed E-state index contributed by atoms with van der Waals surface area (Å²) in [7, 11) is 0. The largest absolute Gasteiger partial charge is 0.380 e. The lowest BCUT2D eigenvalue weighted by molar-refractivity contribution is 0.00105. The van der Waals surface area contributed by atoms with Gasteiger partial charge < -0.3 is 20.8 Å². The average Bonchev–Trinajstić information content (AvgIpc) is 3.35. The van der Waals surface area contributed by atoms with Crippen LogP contribution in [0, 0.1) is 67.2 Å². The van der Waals surface area contributed by atoms with Crippen LogP contribution in [0.5, 0.6) is 0 Å². The molecule has 2 heterocycles. The minimum atomic E-state index is -0.960. The summed E-state index contributed by atoms with van der Waals surface area (Å²) in [4.78, 5) is 0. The topological polar surface area (TPSA) is 64.5 Å². The Labute approximate surface area is 316 Å². The number of rotatable bonds is 2. The molecule has 0 aromatic heterocycles. The zero-order valence-corrected chi connectivity index (χ0v) is 33.0. The number of fused-ring (bicyclic) bond motifs is 4. The highest BCUT2D eigenvalue weighted by Crippen LogP contribution is 2.50. The molecule has 2 aliphatic heterocycles. The summed E-state index contributed by atoms with van der Waals surface area (Å²) in [5, 5.41) is 28.2. The van der Waals surface area contributed by atoms with Crippen molar-refractivity contribution < 1.29 is 13.0 Å². The fourth-order valence-electron chi connectivity index (χ4n) is 10.6. The lowest BCUT2D eigenvalue weighted by Crippen LogP contribution is -2.44. The number of hydrogen-bond acceptors (Lipinski definition) is 4. The number of nitrogens with one attached hydrogen (secondary N) is 2. The normalized spacial score (nSPS) is 24.6. The van der Waals surface area contributed by atoms with Gasteiger partial charge in [0, 0.05) is 0 Å². The fraction of sp³-hybridized carbons (Fsp3) is 0.500. The first-order valence-corrected chi connectivity index (χ1v) is 20.0. The van der Waals surface area contributed by atoms with Crippen LogP contribution < -0.4 is 10.6 Å². The maximum atomic E-state index is 12.5. The number of hydrogen-bond donors (Lipinski definition) is 4. The second-order valence-corrected chi connectivity index (χ2v) is 16.7. The van der Waals surface area contributed by atoms with Crippen molar-refractivity contribution in [1.29, 1.82) is 0 Å². The third-order valence-electron chi connectivity index (χ3n) is 13.5. The first-order chi connectivity index (χ1) is 25.6. The molecule has 2 saturated heterocycles. The lowest BCUT2D eigenvalue weighted by atomic mass is 9.69. The molecule has 4 aliphatic rings. The van der Waals surface area contributed by atoms with Crippen molar-refractivity contribution in [1.82, 2.24) is 10.6 Å². The van der Waals surface area contributed by atoms with E-state index in [1.165, 1.54) is 66.8 Å². The van der Waals surface area contributed by atoms with E-state index in [0.29, 0.717) is 0 Å². The quantitative estimate of drug-likeness (QED) is 0.169. The smallest absolute Gasteiger partial charge is 0.122 e. The number of benzene rings is 4. The first-order valence-electron chi connectivity index (χ1n) is 20.9.